The second-order valence-electron chi connectivity index (χ2n) is 3.85. The lowest BCUT2D eigenvalue weighted by Gasteiger charge is -2.26. The molecule has 0 aliphatic rings. The SMILES string of the molecule is CCCNC(CN(CC)CC(F)(F)F)C(N)=O. The van der Waals surface area contributed by atoms with Gasteiger partial charge >= 0.3 is 6.18 Å². The normalized spacial score (nSPS) is 14.0. The Labute approximate surface area is 99.3 Å². The number of nitrogens with two attached hydrogens (primary N) is 1. The van der Waals surface area contributed by atoms with E-state index in [0.29, 0.717) is 6.54 Å². The van der Waals surface area contributed by atoms with Gasteiger partial charge in [-0.05, 0) is 19.5 Å². The molecular formula is C10H20F3N3O. The van der Waals surface area contributed by atoms with Gasteiger partial charge in [-0.25, -0.2) is 0 Å². The maximum atomic E-state index is 12.2. The minimum Gasteiger partial charge on any atom is -0.368 e. The van der Waals surface area contributed by atoms with Crippen molar-refractivity contribution in [2.75, 3.05) is 26.2 Å². The number of amides is 1. The molecule has 0 heterocycles. The van der Waals surface area contributed by atoms with E-state index in [2.05, 4.69) is 5.32 Å². The third-order valence-electron chi connectivity index (χ3n) is 2.28. The molecule has 7 heteroatoms. The molecule has 0 saturated carbocycles. The fraction of sp³-hybridized carbons (Fsp3) is 0.900. The van der Waals surface area contributed by atoms with Crippen molar-refractivity contribution in [1.29, 1.82) is 0 Å². The summed E-state index contributed by atoms with van der Waals surface area (Å²) in [5.41, 5.74) is 5.13. The van der Waals surface area contributed by atoms with Gasteiger partial charge in [0.15, 0.2) is 0 Å². The largest absolute Gasteiger partial charge is 0.401 e. The molecule has 0 aromatic heterocycles. The second-order valence-corrected chi connectivity index (χ2v) is 3.85. The van der Waals surface area contributed by atoms with E-state index < -0.39 is 24.7 Å². The second kappa shape index (κ2) is 7.50. The molecular weight excluding hydrogens is 235 g/mol. The number of alkyl halides is 3. The summed E-state index contributed by atoms with van der Waals surface area (Å²) >= 11 is 0. The molecule has 0 rings (SSSR count). The van der Waals surface area contributed by atoms with Gasteiger partial charge in [-0.1, -0.05) is 13.8 Å². The van der Waals surface area contributed by atoms with Gasteiger partial charge < -0.3 is 11.1 Å². The van der Waals surface area contributed by atoms with Gasteiger partial charge in [-0.3, -0.25) is 9.69 Å². The highest BCUT2D eigenvalue weighted by Gasteiger charge is 2.31. The van der Waals surface area contributed by atoms with Crippen molar-refractivity contribution < 1.29 is 18.0 Å². The first kappa shape index (κ1) is 16.2. The third kappa shape index (κ3) is 7.98. The van der Waals surface area contributed by atoms with E-state index in [0.717, 1.165) is 11.3 Å². The Balaban J connectivity index is 4.33. The number of primary amides is 1. The zero-order valence-electron chi connectivity index (χ0n) is 10.2. The molecule has 0 aromatic carbocycles. The summed E-state index contributed by atoms with van der Waals surface area (Å²) in [4.78, 5) is 12.2. The Morgan fingerprint density at radius 1 is 1.41 bits per heavy atom. The lowest BCUT2D eigenvalue weighted by molar-refractivity contribution is -0.147. The summed E-state index contributed by atoms with van der Waals surface area (Å²) in [6.07, 6.45) is -3.47. The fourth-order valence-corrected chi connectivity index (χ4v) is 1.39. The van der Waals surface area contributed by atoms with E-state index in [1.165, 1.54) is 0 Å². The maximum Gasteiger partial charge on any atom is 0.401 e. The van der Waals surface area contributed by atoms with Crippen LogP contribution in [0.4, 0.5) is 13.2 Å². The van der Waals surface area contributed by atoms with E-state index in [9.17, 15) is 18.0 Å². The van der Waals surface area contributed by atoms with Crippen LogP contribution in [0.1, 0.15) is 20.3 Å². The van der Waals surface area contributed by atoms with Gasteiger partial charge in [0, 0.05) is 6.54 Å². The van der Waals surface area contributed by atoms with Crippen LogP contribution in [0.5, 0.6) is 0 Å². The highest BCUT2D eigenvalue weighted by atomic mass is 19.4. The molecule has 1 atom stereocenters. The number of halogens is 3. The zero-order valence-corrected chi connectivity index (χ0v) is 10.2. The van der Waals surface area contributed by atoms with Crippen LogP contribution in [0.2, 0.25) is 0 Å². The minimum atomic E-state index is -4.26. The predicted molar refractivity (Wildman–Crippen MR) is 59.4 cm³/mol. The average Bonchev–Trinajstić information content (AvgIpc) is 2.20. The topological polar surface area (TPSA) is 58.4 Å². The van der Waals surface area contributed by atoms with Gasteiger partial charge in [0.2, 0.25) is 5.91 Å². The van der Waals surface area contributed by atoms with E-state index in [1.54, 1.807) is 6.92 Å². The van der Waals surface area contributed by atoms with Crippen LogP contribution < -0.4 is 11.1 Å². The molecule has 4 nitrogen and oxygen atoms in total. The zero-order chi connectivity index (χ0) is 13.5. The summed E-state index contributed by atoms with van der Waals surface area (Å²) < 4.78 is 36.7. The molecule has 17 heavy (non-hydrogen) atoms. The fourth-order valence-electron chi connectivity index (χ4n) is 1.39. The van der Waals surface area contributed by atoms with Crippen LogP contribution in [0.25, 0.3) is 0 Å². The molecule has 0 aromatic rings. The average molecular weight is 255 g/mol. The third-order valence-corrected chi connectivity index (χ3v) is 2.28. The molecule has 0 bridgehead atoms. The monoisotopic (exact) mass is 255 g/mol. The van der Waals surface area contributed by atoms with Crippen molar-refractivity contribution >= 4 is 5.91 Å². The van der Waals surface area contributed by atoms with Crippen LogP contribution in [-0.2, 0) is 4.79 Å². The quantitative estimate of drug-likeness (QED) is 0.672. The molecule has 1 unspecified atom stereocenters. The molecule has 102 valence electrons. The molecule has 3 N–H and O–H groups in total. The Bertz CT molecular complexity index is 233. The van der Waals surface area contributed by atoms with Crippen molar-refractivity contribution in [3.8, 4) is 0 Å². The lowest BCUT2D eigenvalue weighted by atomic mass is 10.2. The highest BCUT2D eigenvalue weighted by Crippen LogP contribution is 2.16. The van der Waals surface area contributed by atoms with Crippen LogP contribution in [0.3, 0.4) is 0 Å². The number of nitrogens with one attached hydrogen (secondary N) is 1. The number of rotatable bonds is 8. The summed E-state index contributed by atoms with van der Waals surface area (Å²) in [5.74, 6) is -0.626. The Morgan fingerprint density at radius 2 is 2.00 bits per heavy atom. The van der Waals surface area contributed by atoms with E-state index in [-0.39, 0.29) is 13.1 Å². The first-order valence-electron chi connectivity index (χ1n) is 5.62. The van der Waals surface area contributed by atoms with Crippen molar-refractivity contribution in [2.24, 2.45) is 5.73 Å². The number of nitrogens with zero attached hydrogens (tertiary/aromatic N) is 1. The van der Waals surface area contributed by atoms with Gasteiger partial charge in [-0.15, -0.1) is 0 Å². The molecule has 0 saturated heterocycles. The van der Waals surface area contributed by atoms with Crippen LogP contribution in [-0.4, -0.2) is 49.2 Å². The van der Waals surface area contributed by atoms with Gasteiger partial charge in [0.1, 0.15) is 0 Å². The van der Waals surface area contributed by atoms with Gasteiger partial charge in [-0.2, -0.15) is 13.2 Å². The molecule has 0 fully saturated rings. The maximum absolute atomic E-state index is 12.2. The van der Waals surface area contributed by atoms with Crippen LogP contribution >= 0.6 is 0 Å². The van der Waals surface area contributed by atoms with Crippen LogP contribution in [0.15, 0.2) is 0 Å². The van der Waals surface area contributed by atoms with E-state index in [4.69, 9.17) is 5.73 Å². The predicted octanol–water partition coefficient (Wildman–Crippen LogP) is 0.724. The van der Waals surface area contributed by atoms with Gasteiger partial charge in [0.25, 0.3) is 0 Å². The smallest absolute Gasteiger partial charge is 0.368 e. The van der Waals surface area contributed by atoms with Crippen LogP contribution in [0, 0.1) is 0 Å². The molecule has 0 radical (unpaired) electrons. The summed E-state index contributed by atoms with van der Waals surface area (Å²) in [7, 11) is 0. The van der Waals surface area contributed by atoms with Crippen molar-refractivity contribution in [1.82, 2.24) is 10.2 Å². The van der Waals surface area contributed by atoms with E-state index >= 15 is 0 Å². The van der Waals surface area contributed by atoms with Gasteiger partial charge in [0.05, 0.1) is 12.6 Å². The Kier molecular flexibility index (Phi) is 7.13. The summed E-state index contributed by atoms with van der Waals surface area (Å²) in [6, 6.07) is -0.739. The molecule has 0 spiro atoms. The number of likely N-dealkylation sites (N-methyl/N-ethyl adjacent to an activating group) is 1. The lowest BCUT2D eigenvalue weighted by Crippen LogP contribution is -2.50. The number of carbonyl (C=O) groups is 1. The van der Waals surface area contributed by atoms with Crippen molar-refractivity contribution in [2.45, 2.75) is 32.5 Å². The first-order chi connectivity index (χ1) is 7.80. The number of hydrogen-bond donors (Lipinski definition) is 2. The molecule has 0 aliphatic carbocycles. The standard InChI is InChI=1S/C10H20F3N3O/c1-3-5-15-8(9(14)17)6-16(4-2)7-10(11,12)13/h8,15H,3-7H2,1-2H3,(H2,14,17). The Morgan fingerprint density at radius 3 is 2.35 bits per heavy atom. The highest BCUT2D eigenvalue weighted by molar-refractivity contribution is 5.80. The van der Waals surface area contributed by atoms with E-state index in [1.807, 2.05) is 6.92 Å². The summed E-state index contributed by atoms with van der Waals surface area (Å²) in [6.45, 7) is 3.24. The first-order valence-corrected chi connectivity index (χ1v) is 5.62. The number of hydrogen-bond acceptors (Lipinski definition) is 3. The number of carbonyl (C=O) groups excluding carboxylic acids is 1. The van der Waals surface area contributed by atoms with Crippen molar-refractivity contribution in [3.05, 3.63) is 0 Å². The summed E-state index contributed by atoms with van der Waals surface area (Å²) in [5, 5.41) is 2.84. The Hall–Kier alpha value is -0.820. The minimum absolute atomic E-state index is 0.0225. The molecule has 0 aliphatic heterocycles. The van der Waals surface area contributed by atoms with Crippen molar-refractivity contribution in [3.63, 3.8) is 0 Å². The molecule has 1 amide bonds.